The predicted molar refractivity (Wildman–Crippen MR) is 92.7 cm³/mol. The molecule has 2 aromatic carbocycles. The Labute approximate surface area is 149 Å². The summed E-state index contributed by atoms with van der Waals surface area (Å²) < 4.78 is 37.4. The number of carbonyl (C=O) groups excluding carboxylic acids is 1. The Balaban J connectivity index is 1.67. The summed E-state index contributed by atoms with van der Waals surface area (Å²) in [6.07, 6.45) is -3.35. The van der Waals surface area contributed by atoms with Crippen molar-refractivity contribution >= 4 is 23.2 Å². The molecule has 7 heteroatoms. The lowest BCUT2D eigenvalue weighted by molar-refractivity contribution is -0.137. The lowest BCUT2D eigenvalue weighted by Gasteiger charge is -2.09. The molecular weight excluding hydrogens is 353 g/mol. The van der Waals surface area contributed by atoms with Crippen LogP contribution in [0.2, 0.25) is 5.02 Å². The van der Waals surface area contributed by atoms with E-state index >= 15 is 0 Å². The minimum atomic E-state index is -4.38. The number of anilines is 1. The normalized spacial score (nSPS) is 11.4. The molecule has 0 aliphatic heterocycles. The molecule has 3 nitrogen and oxygen atoms in total. The summed E-state index contributed by atoms with van der Waals surface area (Å²) in [5.41, 5.74) is 0.708. The zero-order valence-electron chi connectivity index (χ0n) is 13.4. The van der Waals surface area contributed by atoms with Crippen LogP contribution in [0.15, 0.2) is 48.5 Å². The van der Waals surface area contributed by atoms with Gasteiger partial charge in [-0.25, -0.2) is 0 Å². The highest BCUT2D eigenvalue weighted by Gasteiger charge is 2.29. The van der Waals surface area contributed by atoms with Crippen molar-refractivity contribution in [2.75, 3.05) is 18.4 Å². The monoisotopic (exact) mass is 370 g/mol. The molecule has 0 aliphatic carbocycles. The first-order chi connectivity index (χ1) is 11.8. The molecule has 1 amide bonds. The first-order valence-corrected chi connectivity index (χ1v) is 8.14. The van der Waals surface area contributed by atoms with Crippen LogP contribution >= 0.6 is 11.6 Å². The van der Waals surface area contributed by atoms with Gasteiger partial charge in [-0.2, -0.15) is 13.2 Å². The number of benzene rings is 2. The molecule has 0 radical (unpaired) electrons. The Hall–Kier alpha value is -2.05. The number of nitrogens with one attached hydrogen (secondary N) is 2. The van der Waals surface area contributed by atoms with Crippen LogP contribution < -0.4 is 10.6 Å². The van der Waals surface area contributed by atoms with Crippen molar-refractivity contribution in [3.05, 3.63) is 64.7 Å². The largest absolute Gasteiger partial charge is 0.416 e. The maximum absolute atomic E-state index is 12.5. The van der Waals surface area contributed by atoms with Crippen molar-refractivity contribution in [2.24, 2.45) is 0 Å². The number of amides is 1. The Morgan fingerprint density at radius 3 is 2.40 bits per heavy atom. The highest BCUT2D eigenvalue weighted by Crippen LogP contribution is 2.29. The molecule has 2 N–H and O–H groups in total. The fourth-order valence-corrected chi connectivity index (χ4v) is 2.43. The van der Waals surface area contributed by atoms with Gasteiger partial charge in [-0.15, -0.1) is 0 Å². The van der Waals surface area contributed by atoms with E-state index in [4.69, 9.17) is 11.6 Å². The molecule has 0 aliphatic rings. The second-order valence-electron chi connectivity index (χ2n) is 5.50. The van der Waals surface area contributed by atoms with E-state index in [0.29, 0.717) is 23.8 Å². The molecule has 2 aromatic rings. The molecule has 0 heterocycles. The van der Waals surface area contributed by atoms with Gasteiger partial charge in [-0.05, 0) is 54.9 Å². The highest BCUT2D eigenvalue weighted by molar-refractivity contribution is 6.30. The van der Waals surface area contributed by atoms with E-state index in [2.05, 4.69) is 10.6 Å². The maximum Gasteiger partial charge on any atom is 0.416 e. The predicted octanol–water partition coefficient (Wildman–Crippen LogP) is 4.52. The van der Waals surface area contributed by atoms with Crippen molar-refractivity contribution in [1.82, 2.24) is 5.32 Å². The van der Waals surface area contributed by atoms with Gasteiger partial charge in [0.05, 0.1) is 5.56 Å². The Morgan fingerprint density at radius 2 is 1.76 bits per heavy atom. The maximum atomic E-state index is 12.5. The average Bonchev–Trinajstić information content (AvgIpc) is 2.54. The van der Waals surface area contributed by atoms with Gasteiger partial charge < -0.3 is 10.6 Å². The lowest BCUT2D eigenvalue weighted by Crippen LogP contribution is -2.23. The quantitative estimate of drug-likeness (QED) is 0.703. The molecule has 25 heavy (non-hydrogen) atoms. The third-order valence-electron chi connectivity index (χ3n) is 3.50. The van der Waals surface area contributed by atoms with Crippen LogP contribution in [0.4, 0.5) is 18.9 Å². The number of hydrogen-bond donors (Lipinski definition) is 2. The van der Waals surface area contributed by atoms with Crippen molar-refractivity contribution < 1.29 is 18.0 Å². The summed E-state index contributed by atoms with van der Waals surface area (Å²) in [4.78, 5) is 11.8. The van der Waals surface area contributed by atoms with E-state index in [1.54, 1.807) is 0 Å². The number of carbonyl (C=O) groups is 1. The number of halogens is 4. The molecule has 134 valence electrons. The summed E-state index contributed by atoms with van der Waals surface area (Å²) in [5.74, 6) is -0.255. The molecule has 0 bridgehead atoms. The van der Waals surface area contributed by atoms with E-state index in [9.17, 15) is 18.0 Å². The number of rotatable bonds is 7. The molecule has 2 rings (SSSR count). The molecule has 0 spiro atoms. The third kappa shape index (κ3) is 6.76. The van der Waals surface area contributed by atoms with E-state index in [0.717, 1.165) is 24.1 Å². The molecule has 0 saturated heterocycles. The number of hydrogen-bond acceptors (Lipinski definition) is 2. The van der Waals surface area contributed by atoms with Crippen LogP contribution in [0.5, 0.6) is 0 Å². The van der Waals surface area contributed by atoms with Crippen molar-refractivity contribution in [1.29, 1.82) is 0 Å². The summed E-state index contributed by atoms with van der Waals surface area (Å²) in [5, 5.41) is 6.41. The highest BCUT2D eigenvalue weighted by atomic mass is 35.5. The van der Waals surface area contributed by atoms with Gasteiger partial charge >= 0.3 is 6.18 Å². The van der Waals surface area contributed by atoms with E-state index in [-0.39, 0.29) is 12.3 Å². The van der Waals surface area contributed by atoms with Gasteiger partial charge in [-0.1, -0.05) is 23.7 Å². The smallest absolute Gasteiger partial charge is 0.326 e. The fourth-order valence-electron chi connectivity index (χ4n) is 2.22. The van der Waals surface area contributed by atoms with Crippen molar-refractivity contribution in [3.63, 3.8) is 0 Å². The second-order valence-corrected chi connectivity index (χ2v) is 5.94. The third-order valence-corrected chi connectivity index (χ3v) is 3.74. The summed E-state index contributed by atoms with van der Waals surface area (Å²) in [6.45, 7) is 1.18. The van der Waals surface area contributed by atoms with E-state index in [1.807, 2.05) is 24.3 Å². The molecular formula is C18H18ClF3N2O. The summed E-state index contributed by atoms with van der Waals surface area (Å²) in [7, 11) is 0. The van der Waals surface area contributed by atoms with Gasteiger partial charge in [0.25, 0.3) is 0 Å². The van der Waals surface area contributed by atoms with Gasteiger partial charge in [-0.3, -0.25) is 4.79 Å². The first kappa shape index (κ1) is 19.3. The van der Waals surface area contributed by atoms with Gasteiger partial charge in [0, 0.05) is 23.7 Å². The molecule has 0 atom stereocenters. The molecule has 0 unspecified atom stereocenters. The zero-order chi connectivity index (χ0) is 18.3. The minimum Gasteiger partial charge on any atom is -0.326 e. The lowest BCUT2D eigenvalue weighted by atomic mass is 10.1. The molecule has 0 aromatic heterocycles. The van der Waals surface area contributed by atoms with Crippen LogP contribution in [-0.2, 0) is 17.4 Å². The second kappa shape index (κ2) is 8.87. The van der Waals surface area contributed by atoms with E-state index < -0.39 is 11.7 Å². The zero-order valence-corrected chi connectivity index (χ0v) is 14.1. The molecule has 0 saturated carbocycles. The van der Waals surface area contributed by atoms with Crippen LogP contribution in [0.25, 0.3) is 0 Å². The Bertz CT molecular complexity index is 702. The topological polar surface area (TPSA) is 41.1 Å². The average molecular weight is 371 g/mol. The minimum absolute atomic E-state index is 0.233. The van der Waals surface area contributed by atoms with E-state index in [1.165, 1.54) is 12.1 Å². The Morgan fingerprint density at radius 1 is 1.04 bits per heavy atom. The number of alkyl halides is 3. The SMILES string of the molecule is O=C(CCNCCc1cccc(Cl)c1)Nc1ccc(C(F)(F)F)cc1. The summed E-state index contributed by atoms with van der Waals surface area (Å²) in [6, 6.07) is 11.9. The van der Waals surface area contributed by atoms with Gasteiger partial charge in [0.15, 0.2) is 0 Å². The fraction of sp³-hybridized carbons (Fsp3) is 0.278. The first-order valence-electron chi connectivity index (χ1n) is 7.77. The standard InChI is InChI=1S/C18H18ClF3N2O/c19-15-3-1-2-13(12-15)8-10-23-11-9-17(25)24-16-6-4-14(5-7-16)18(20,21)22/h1-7,12,23H,8-11H2,(H,24,25). The van der Waals surface area contributed by atoms with Gasteiger partial charge in [0.2, 0.25) is 5.91 Å². The van der Waals surface area contributed by atoms with Crippen LogP contribution in [0.3, 0.4) is 0 Å². The van der Waals surface area contributed by atoms with Crippen molar-refractivity contribution in [2.45, 2.75) is 19.0 Å². The Kier molecular flexibility index (Phi) is 6.84. The summed E-state index contributed by atoms with van der Waals surface area (Å²) >= 11 is 5.90. The van der Waals surface area contributed by atoms with Gasteiger partial charge in [0.1, 0.15) is 0 Å². The molecule has 0 fully saturated rings. The van der Waals surface area contributed by atoms with Crippen LogP contribution in [-0.4, -0.2) is 19.0 Å². The van der Waals surface area contributed by atoms with Crippen LogP contribution in [0, 0.1) is 0 Å². The van der Waals surface area contributed by atoms with Crippen molar-refractivity contribution in [3.8, 4) is 0 Å². The van der Waals surface area contributed by atoms with Crippen LogP contribution in [0.1, 0.15) is 17.5 Å².